The average Bonchev–Trinajstić information content (AvgIpc) is 3.54. The fourth-order valence-electron chi connectivity index (χ4n) is 3.78. The van der Waals surface area contributed by atoms with E-state index in [9.17, 15) is 36.6 Å². The van der Waals surface area contributed by atoms with Gasteiger partial charge in [0.2, 0.25) is 0 Å². The van der Waals surface area contributed by atoms with Gasteiger partial charge in [0.15, 0.2) is 0 Å². The highest BCUT2D eigenvalue weighted by molar-refractivity contribution is 7.86. The maximum Gasteiger partial charge on any atom is 0.339 e. The molecule has 2 aliphatic carbocycles. The quantitative estimate of drug-likeness (QED) is 0.240. The fourth-order valence-corrected chi connectivity index (χ4v) is 5.14. The minimum atomic E-state index is -4.42. The van der Waals surface area contributed by atoms with Crippen molar-refractivity contribution in [1.82, 2.24) is 0 Å². The number of hydrogen-bond acceptors (Lipinski definition) is 10. The maximum atomic E-state index is 11.5. The molecular formula is C30H34O12S2. The Labute approximate surface area is 256 Å². The molecule has 0 aliphatic heterocycles. The molecule has 2 aromatic carbocycles. The van der Waals surface area contributed by atoms with Gasteiger partial charge in [0.05, 0.1) is 29.4 Å². The summed E-state index contributed by atoms with van der Waals surface area (Å²) in [5.41, 5.74) is 1.32. The Hall–Kier alpha value is -4.08. The highest BCUT2D eigenvalue weighted by Gasteiger charge is 2.23. The number of ether oxygens (including phenoxy) is 2. The highest BCUT2D eigenvalue weighted by atomic mass is 32.2. The van der Waals surface area contributed by atoms with Crippen molar-refractivity contribution in [2.75, 3.05) is 0 Å². The summed E-state index contributed by atoms with van der Waals surface area (Å²) in [7, 11) is -8.83. The van der Waals surface area contributed by atoms with E-state index in [0.29, 0.717) is 0 Å². The van der Waals surface area contributed by atoms with Gasteiger partial charge in [0, 0.05) is 5.57 Å². The van der Waals surface area contributed by atoms with E-state index in [1.54, 1.807) is 45.9 Å². The monoisotopic (exact) mass is 650 g/mol. The van der Waals surface area contributed by atoms with Crippen molar-refractivity contribution in [3.05, 3.63) is 107 Å². The van der Waals surface area contributed by atoms with Gasteiger partial charge in [-0.1, -0.05) is 48.6 Å². The second-order valence-corrected chi connectivity index (χ2v) is 12.6. The van der Waals surface area contributed by atoms with Crippen LogP contribution in [0.1, 0.15) is 54.8 Å². The number of rotatable bonds is 7. The summed E-state index contributed by atoms with van der Waals surface area (Å²) in [4.78, 5) is 22.2. The Morgan fingerprint density at radius 1 is 0.795 bits per heavy atom. The number of aliphatic hydroxyl groups excluding tert-OH is 2. The van der Waals surface area contributed by atoms with Gasteiger partial charge in [-0.25, -0.2) is 9.59 Å². The molecule has 14 heteroatoms. The minimum Gasteiger partial charge on any atom is -0.508 e. The molecule has 0 aromatic heterocycles. The predicted octanol–water partition coefficient (Wildman–Crippen LogP) is 4.61. The highest BCUT2D eigenvalue weighted by Crippen LogP contribution is 2.29. The third-order valence-corrected chi connectivity index (χ3v) is 7.42. The summed E-state index contributed by atoms with van der Waals surface area (Å²) in [6.45, 7) is 6.59. The molecule has 0 spiro atoms. The van der Waals surface area contributed by atoms with E-state index >= 15 is 0 Å². The fraction of sp³-hybridized carbons (Fsp3) is 0.267. The zero-order valence-electron chi connectivity index (χ0n) is 24.3. The van der Waals surface area contributed by atoms with Crippen LogP contribution >= 0.6 is 0 Å². The largest absolute Gasteiger partial charge is 0.508 e. The van der Waals surface area contributed by atoms with E-state index in [0.717, 1.165) is 29.7 Å². The zero-order chi connectivity index (χ0) is 33.2. The first-order valence-electron chi connectivity index (χ1n) is 13.1. The van der Waals surface area contributed by atoms with E-state index in [1.807, 2.05) is 12.2 Å². The van der Waals surface area contributed by atoms with Crippen LogP contribution in [0.15, 0.2) is 106 Å². The van der Waals surface area contributed by atoms with Crippen LogP contribution in [0.3, 0.4) is 0 Å². The number of carbonyl (C=O) groups excluding carboxylic acids is 2. The van der Waals surface area contributed by atoms with Gasteiger partial charge in [0.25, 0.3) is 20.2 Å². The first kappa shape index (κ1) is 36.1. The van der Waals surface area contributed by atoms with Crippen LogP contribution in [0.4, 0.5) is 0 Å². The third kappa shape index (κ3) is 10.6. The number of allylic oxidation sites excluding steroid dienone is 4. The molecule has 12 nitrogen and oxygen atoms in total. The lowest BCUT2D eigenvalue weighted by Crippen LogP contribution is -2.15. The number of benzene rings is 2. The van der Waals surface area contributed by atoms with Gasteiger partial charge >= 0.3 is 11.9 Å². The van der Waals surface area contributed by atoms with Gasteiger partial charge in [0.1, 0.15) is 15.6 Å². The van der Waals surface area contributed by atoms with Crippen molar-refractivity contribution in [3.8, 4) is 0 Å². The molecule has 0 fully saturated rings. The van der Waals surface area contributed by atoms with Gasteiger partial charge in [-0.15, -0.1) is 0 Å². The van der Waals surface area contributed by atoms with Crippen molar-refractivity contribution >= 4 is 32.2 Å². The average molecular weight is 651 g/mol. The minimum absolute atomic E-state index is 0.168. The molecule has 44 heavy (non-hydrogen) atoms. The molecule has 0 heterocycles. The van der Waals surface area contributed by atoms with E-state index in [4.69, 9.17) is 18.6 Å². The van der Waals surface area contributed by atoms with Crippen molar-refractivity contribution in [2.45, 2.75) is 62.2 Å². The number of aliphatic hydroxyl groups is 2. The summed E-state index contributed by atoms with van der Waals surface area (Å²) in [6.07, 6.45) is 8.36. The molecule has 0 bridgehead atoms. The summed E-state index contributed by atoms with van der Waals surface area (Å²) in [5.74, 6) is -1.27. The topological polar surface area (TPSA) is 202 Å². The van der Waals surface area contributed by atoms with E-state index in [2.05, 4.69) is 0 Å². The molecule has 0 amide bonds. The maximum absolute atomic E-state index is 11.5. The lowest BCUT2D eigenvalue weighted by molar-refractivity contribution is 0.0362. The van der Waals surface area contributed by atoms with Crippen LogP contribution in [0.5, 0.6) is 0 Å². The van der Waals surface area contributed by atoms with Crippen molar-refractivity contribution < 1.29 is 55.2 Å². The summed E-state index contributed by atoms with van der Waals surface area (Å²) >= 11 is 0. The Bertz CT molecular complexity index is 1600. The molecule has 0 saturated heterocycles. The Morgan fingerprint density at radius 3 is 1.55 bits per heavy atom. The molecule has 0 radical (unpaired) electrons. The number of carbonyl (C=O) groups is 2. The van der Waals surface area contributed by atoms with E-state index < -0.39 is 48.1 Å². The summed E-state index contributed by atoms with van der Waals surface area (Å²) < 4.78 is 71.5. The lowest BCUT2D eigenvalue weighted by Gasteiger charge is -2.09. The third-order valence-electron chi connectivity index (χ3n) is 5.60. The predicted molar refractivity (Wildman–Crippen MR) is 160 cm³/mol. The van der Waals surface area contributed by atoms with Crippen LogP contribution < -0.4 is 0 Å². The SMILES string of the molecule is CC(C)OC(=O)c1ccccc1S(=O)(=O)O.CC(C)OC(=O)c1ccccc1S(=O)(=O)O.OC1=C(C2=CC=CC2O)CC=C1. The van der Waals surface area contributed by atoms with Crippen LogP contribution in [0, 0.1) is 0 Å². The summed E-state index contributed by atoms with van der Waals surface area (Å²) in [5, 5.41) is 18.8. The Balaban J connectivity index is 0.000000232. The summed E-state index contributed by atoms with van der Waals surface area (Å²) in [6, 6.07) is 10.7. The Kier molecular flexibility index (Phi) is 12.8. The van der Waals surface area contributed by atoms with Crippen molar-refractivity contribution in [1.29, 1.82) is 0 Å². The molecule has 1 atom stereocenters. The lowest BCUT2D eigenvalue weighted by atomic mass is 10.0. The molecule has 238 valence electrons. The molecule has 0 saturated carbocycles. The molecular weight excluding hydrogens is 616 g/mol. The van der Waals surface area contributed by atoms with Gasteiger partial charge < -0.3 is 19.7 Å². The molecule has 4 N–H and O–H groups in total. The first-order chi connectivity index (χ1) is 20.4. The Morgan fingerprint density at radius 2 is 1.23 bits per heavy atom. The van der Waals surface area contributed by atoms with E-state index in [1.165, 1.54) is 36.4 Å². The molecule has 2 aliphatic rings. The second kappa shape index (κ2) is 15.6. The van der Waals surface area contributed by atoms with Gasteiger partial charge in [-0.3, -0.25) is 9.11 Å². The normalized spacial score (nSPS) is 15.8. The van der Waals surface area contributed by atoms with Crippen LogP contribution in [0.25, 0.3) is 0 Å². The van der Waals surface area contributed by atoms with Crippen LogP contribution in [0.2, 0.25) is 0 Å². The first-order valence-corrected chi connectivity index (χ1v) is 16.0. The van der Waals surface area contributed by atoms with Gasteiger partial charge in [-0.05, 0) is 70.0 Å². The second-order valence-electron chi connectivity index (χ2n) is 9.77. The molecule has 4 rings (SSSR count). The molecule has 2 aromatic rings. The number of hydrogen-bond donors (Lipinski definition) is 4. The van der Waals surface area contributed by atoms with Crippen molar-refractivity contribution in [2.24, 2.45) is 0 Å². The standard InChI is InChI=1S/2C10H12O5S.C10H10O2/c2*1-7(2)15-10(11)8-5-3-4-6-9(8)16(12,13)14;11-9-5-1-3-7(9)8-4-2-6-10(8)12/h2*3-7H,1-2H3,(H,12,13,14);1-3,5-6,9,11-12H,4H2. The van der Waals surface area contributed by atoms with Crippen LogP contribution in [-0.2, 0) is 29.7 Å². The van der Waals surface area contributed by atoms with Gasteiger partial charge in [-0.2, -0.15) is 16.8 Å². The molecule has 1 unspecified atom stereocenters. The van der Waals surface area contributed by atoms with Crippen LogP contribution in [-0.4, -0.2) is 66.4 Å². The van der Waals surface area contributed by atoms with Crippen molar-refractivity contribution in [3.63, 3.8) is 0 Å². The number of esters is 2. The smallest absolute Gasteiger partial charge is 0.339 e. The van der Waals surface area contributed by atoms with E-state index in [-0.39, 0.29) is 29.1 Å². The zero-order valence-corrected chi connectivity index (χ0v) is 25.9.